The van der Waals surface area contributed by atoms with Crippen molar-refractivity contribution in [1.29, 1.82) is 0 Å². The summed E-state index contributed by atoms with van der Waals surface area (Å²) in [6.07, 6.45) is 0. The minimum Gasteiger partial charge on any atom is -0.491 e. The van der Waals surface area contributed by atoms with Crippen LogP contribution in [-0.4, -0.2) is 25.6 Å². The Balaban J connectivity index is 1.95. The minimum absolute atomic E-state index is 0.189. The van der Waals surface area contributed by atoms with Crippen LogP contribution in [0.4, 0.5) is 5.69 Å². The number of carbonyl (C=O) groups is 2. The SMILES string of the molecule is CCOc1c(C(=O)OC)sc2ccc(NC(=O)c3ccc(C)cc3)cc12. The van der Waals surface area contributed by atoms with Crippen LogP contribution in [0.5, 0.6) is 5.75 Å². The van der Waals surface area contributed by atoms with Crippen molar-refractivity contribution in [2.24, 2.45) is 0 Å². The molecule has 0 aliphatic heterocycles. The molecule has 0 fully saturated rings. The van der Waals surface area contributed by atoms with E-state index in [1.807, 2.05) is 44.2 Å². The average Bonchev–Trinajstić information content (AvgIpc) is 3.00. The van der Waals surface area contributed by atoms with Crippen LogP contribution in [0, 0.1) is 6.92 Å². The third-order valence-electron chi connectivity index (χ3n) is 3.87. The molecule has 1 amide bonds. The van der Waals surface area contributed by atoms with Crippen molar-refractivity contribution in [3.63, 3.8) is 0 Å². The second-order valence-electron chi connectivity index (χ2n) is 5.72. The zero-order valence-electron chi connectivity index (χ0n) is 14.8. The Morgan fingerprint density at radius 3 is 2.50 bits per heavy atom. The third kappa shape index (κ3) is 3.55. The standard InChI is InChI=1S/C20H19NO4S/c1-4-25-17-15-11-14(9-10-16(15)26-18(17)20(23)24-3)21-19(22)13-7-5-12(2)6-8-13/h5-11H,4H2,1-3H3,(H,21,22). The number of hydrogen-bond donors (Lipinski definition) is 1. The average molecular weight is 369 g/mol. The second-order valence-corrected chi connectivity index (χ2v) is 6.77. The maximum absolute atomic E-state index is 12.4. The molecule has 2 aromatic carbocycles. The van der Waals surface area contributed by atoms with E-state index in [9.17, 15) is 9.59 Å². The van der Waals surface area contributed by atoms with Crippen LogP contribution in [-0.2, 0) is 4.74 Å². The largest absolute Gasteiger partial charge is 0.491 e. The van der Waals surface area contributed by atoms with Crippen molar-refractivity contribution in [2.75, 3.05) is 19.0 Å². The quantitative estimate of drug-likeness (QED) is 0.665. The van der Waals surface area contributed by atoms with Crippen LogP contribution < -0.4 is 10.1 Å². The van der Waals surface area contributed by atoms with Crippen molar-refractivity contribution in [1.82, 2.24) is 0 Å². The van der Waals surface area contributed by atoms with Crippen molar-refractivity contribution in [3.05, 3.63) is 58.5 Å². The molecule has 3 rings (SSSR count). The van der Waals surface area contributed by atoms with Gasteiger partial charge in [0, 0.05) is 21.3 Å². The third-order valence-corrected chi connectivity index (χ3v) is 5.01. The lowest BCUT2D eigenvalue weighted by Crippen LogP contribution is -2.11. The smallest absolute Gasteiger partial charge is 0.351 e. The normalized spacial score (nSPS) is 10.6. The molecule has 1 aromatic heterocycles. The van der Waals surface area contributed by atoms with Crippen molar-refractivity contribution in [2.45, 2.75) is 13.8 Å². The Morgan fingerprint density at radius 2 is 1.85 bits per heavy atom. The highest BCUT2D eigenvalue weighted by atomic mass is 32.1. The van der Waals surface area contributed by atoms with Crippen LogP contribution >= 0.6 is 11.3 Å². The van der Waals surface area contributed by atoms with E-state index in [-0.39, 0.29) is 5.91 Å². The lowest BCUT2D eigenvalue weighted by molar-refractivity contribution is 0.0602. The summed E-state index contributed by atoms with van der Waals surface area (Å²) in [7, 11) is 1.34. The van der Waals surface area contributed by atoms with Crippen molar-refractivity contribution >= 4 is 39.0 Å². The van der Waals surface area contributed by atoms with Gasteiger partial charge in [0.25, 0.3) is 5.91 Å². The van der Waals surface area contributed by atoms with E-state index in [0.29, 0.717) is 28.5 Å². The predicted octanol–water partition coefficient (Wildman–Crippen LogP) is 4.65. The number of fused-ring (bicyclic) bond motifs is 1. The molecule has 134 valence electrons. The van der Waals surface area contributed by atoms with E-state index in [2.05, 4.69) is 5.32 Å². The summed E-state index contributed by atoms with van der Waals surface area (Å²) in [6, 6.07) is 12.8. The van der Waals surface area contributed by atoms with Gasteiger partial charge < -0.3 is 14.8 Å². The highest BCUT2D eigenvalue weighted by molar-refractivity contribution is 7.21. The van der Waals surface area contributed by atoms with E-state index in [1.165, 1.54) is 18.4 Å². The number of ether oxygens (including phenoxy) is 2. The number of benzene rings is 2. The number of esters is 1. The number of carbonyl (C=O) groups excluding carboxylic acids is 2. The molecular formula is C20H19NO4S. The number of anilines is 1. The van der Waals surface area contributed by atoms with E-state index in [1.54, 1.807) is 12.1 Å². The molecule has 26 heavy (non-hydrogen) atoms. The minimum atomic E-state index is -0.431. The number of hydrogen-bond acceptors (Lipinski definition) is 5. The Bertz CT molecular complexity index is 960. The first-order valence-corrected chi connectivity index (χ1v) is 9.00. The van der Waals surface area contributed by atoms with Gasteiger partial charge in [-0.3, -0.25) is 4.79 Å². The van der Waals surface area contributed by atoms with Gasteiger partial charge in [-0.15, -0.1) is 11.3 Å². The fourth-order valence-electron chi connectivity index (χ4n) is 2.58. The number of nitrogens with one attached hydrogen (secondary N) is 1. The molecule has 0 saturated carbocycles. The Morgan fingerprint density at radius 1 is 1.12 bits per heavy atom. The molecule has 0 spiro atoms. The summed E-state index contributed by atoms with van der Waals surface area (Å²) in [4.78, 5) is 24.8. The number of aryl methyl sites for hydroxylation is 1. The number of methoxy groups -OCH3 is 1. The van der Waals surface area contributed by atoms with Gasteiger partial charge in [0.15, 0.2) is 10.6 Å². The first-order valence-electron chi connectivity index (χ1n) is 8.19. The van der Waals surface area contributed by atoms with Crippen LogP contribution in [0.25, 0.3) is 10.1 Å². The number of amides is 1. The summed E-state index contributed by atoms with van der Waals surface area (Å²) in [6.45, 7) is 4.25. The lowest BCUT2D eigenvalue weighted by atomic mass is 10.1. The van der Waals surface area contributed by atoms with Gasteiger partial charge in [-0.25, -0.2) is 4.79 Å². The van der Waals surface area contributed by atoms with E-state index in [0.717, 1.165) is 15.6 Å². The van der Waals surface area contributed by atoms with Crippen LogP contribution in [0.15, 0.2) is 42.5 Å². The molecule has 0 aliphatic carbocycles. The van der Waals surface area contributed by atoms with Crippen LogP contribution in [0.1, 0.15) is 32.5 Å². The Hall–Kier alpha value is -2.86. The molecule has 1 heterocycles. The zero-order chi connectivity index (χ0) is 18.7. The predicted molar refractivity (Wildman–Crippen MR) is 103 cm³/mol. The lowest BCUT2D eigenvalue weighted by Gasteiger charge is -2.07. The van der Waals surface area contributed by atoms with Gasteiger partial charge in [-0.1, -0.05) is 17.7 Å². The highest BCUT2D eigenvalue weighted by Gasteiger charge is 2.21. The summed E-state index contributed by atoms with van der Waals surface area (Å²) >= 11 is 1.31. The molecule has 0 unspecified atom stereocenters. The molecule has 1 N–H and O–H groups in total. The monoisotopic (exact) mass is 369 g/mol. The first-order chi connectivity index (χ1) is 12.5. The van der Waals surface area contributed by atoms with E-state index >= 15 is 0 Å². The summed E-state index contributed by atoms with van der Waals surface area (Å²) in [5.74, 6) is -0.128. The van der Waals surface area contributed by atoms with Gasteiger partial charge in [0.05, 0.1) is 13.7 Å². The van der Waals surface area contributed by atoms with Gasteiger partial charge in [-0.05, 0) is 44.2 Å². The maximum atomic E-state index is 12.4. The molecule has 0 atom stereocenters. The Labute approximate surface area is 155 Å². The number of rotatable bonds is 5. The molecule has 0 bridgehead atoms. The molecule has 0 saturated heterocycles. The number of thiophene rings is 1. The van der Waals surface area contributed by atoms with Crippen LogP contribution in [0.3, 0.4) is 0 Å². The summed E-state index contributed by atoms with van der Waals surface area (Å²) in [5, 5.41) is 3.66. The van der Waals surface area contributed by atoms with E-state index in [4.69, 9.17) is 9.47 Å². The van der Waals surface area contributed by atoms with Crippen molar-refractivity contribution in [3.8, 4) is 5.75 Å². The molecule has 6 heteroatoms. The summed E-state index contributed by atoms with van der Waals surface area (Å²) < 4.78 is 11.4. The van der Waals surface area contributed by atoms with Crippen LogP contribution in [0.2, 0.25) is 0 Å². The second kappa shape index (κ2) is 7.58. The fraction of sp³-hybridized carbons (Fsp3) is 0.200. The molecule has 0 aliphatic rings. The van der Waals surface area contributed by atoms with Gasteiger partial charge >= 0.3 is 5.97 Å². The molecule has 3 aromatic rings. The summed E-state index contributed by atoms with van der Waals surface area (Å²) in [5.41, 5.74) is 2.32. The first kappa shape index (κ1) is 17.9. The zero-order valence-corrected chi connectivity index (χ0v) is 15.6. The molecule has 0 radical (unpaired) electrons. The Kier molecular flexibility index (Phi) is 5.23. The fourth-order valence-corrected chi connectivity index (χ4v) is 3.62. The molecule has 5 nitrogen and oxygen atoms in total. The van der Waals surface area contributed by atoms with Gasteiger partial charge in [0.2, 0.25) is 0 Å². The topological polar surface area (TPSA) is 64.6 Å². The van der Waals surface area contributed by atoms with Gasteiger partial charge in [0.1, 0.15) is 0 Å². The maximum Gasteiger partial charge on any atom is 0.351 e. The van der Waals surface area contributed by atoms with Crippen molar-refractivity contribution < 1.29 is 19.1 Å². The molecular weight excluding hydrogens is 350 g/mol. The van der Waals surface area contributed by atoms with Gasteiger partial charge in [-0.2, -0.15) is 0 Å². The van der Waals surface area contributed by atoms with E-state index < -0.39 is 5.97 Å². The highest BCUT2D eigenvalue weighted by Crippen LogP contribution is 2.39.